The summed E-state index contributed by atoms with van der Waals surface area (Å²) in [4.78, 5) is 28.0. The fraction of sp³-hybridized carbons (Fsp3) is 0.273. The van der Waals surface area contributed by atoms with Crippen LogP contribution in [0.4, 0.5) is 0 Å². The Bertz CT molecular complexity index is 969. The van der Waals surface area contributed by atoms with Crippen LogP contribution in [0.25, 0.3) is 10.9 Å². The van der Waals surface area contributed by atoms with Crippen molar-refractivity contribution in [2.24, 2.45) is 0 Å². The predicted molar refractivity (Wildman–Crippen MR) is 106 cm³/mol. The summed E-state index contributed by atoms with van der Waals surface area (Å²) in [6.45, 7) is 1.59. The molecule has 0 aliphatic carbocycles. The number of Topliss-reactive ketones (excluding diaryl/α,β-unsaturated/α-hetero) is 1. The molecule has 0 bridgehead atoms. The lowest BCUT2D eigenvalue weighted by Gasteiger charge is -2.12. The first-order valence-electron chi connectivity index (χ1n) is 9.03. The number of aromatic amines is 1. The molecule has 1 heterocycles. The van der Waals surface area contributed by atoms with Gasteiger partial charge in [0.2, 0.25) is 5.78 Å². The van der Waals surface area contributed by atoms with Gasteiger partial charge in [-0.25, -0.2) is 0 Å². The molecule has 0 saturated heterocycles. The van der Waals surface area contributed by atoms with Gasteiger partial charge in [-0.1, -0.05) is 18.2 Å². The number of carbonyl (C=O) groups excluding carboxylic acids is 2. The summed E-state index contributed by atoms with van der Waals surface area (Å²) >= 11 is 0. The van der Waals surface area contributed by atoms with Gasteiger partial charge < -0.3 is 19.2 Å². The molecule has 3 rings (SSSR count). The van der Waals surface area contributed by atoms with Crippen LogP contribution >= 0.6 is 0 Å². The molecule has 0 saturated carbocycles. The Morgan fingerprint density at radius 1 is 1.04 bits per heavy atom. The molecule has 0 aliphatic heterocycles. The van der Waals surface area contributed by atoms with Crippen LogP contribution in [0.2, 0.25) is 0 Å². The third kappa shape index (κ3) is 4.34. The Kier molecular flexibility index (Phi) is 5.99. The van der Waals surface area contributed by atoms with Crippen molar-refractivity contribution in [2.75, 3.05) is 14.2 Å². The van der Waals surface area contributed by atoms with E-state index in [2.05, 4.69) is 4.98 Å². The minimum Gasteiger partial charge on any atom is -0.497 e. The number of para-hydroxylation sites is 1. The topological polar surface area (TPSA) is 77.6 Å². The normalized spacial score (nSPS) is 11.8. The molecule has 0 spiro atoms. The Labute approximate surface area is 163 Å². The highest BCUT2D eigenvalue weighted by molar-refractivity contribution is 6.10. The number of fused-ring (bicyclic) bond motifs is 1. The second kappa shape index (κ2) is 8.61. The second-order valence-electron chi connectivity index (χ2n) is 6.47. The van der Waals surface area contributed by atoms with Crippen molar-refractivity contribution in [1.29, 1.82) is 0 Å². The standard InChI is InChI=1S/C22H23NO5/c1-14(22(25)19-13-23-20-7-5-4-6-18(19)20)28-21(24)9-8-15-10-16(26-2)12-17(11-15)27-3/h4-7,10-14,23H,8-9H2,1-3H3. The number of aromatic nitrogens is 1. The SMILES string of the molecule is COc1cc(CCC(=O)OC(C)C(=O)c2c[nH]c3ccccc23)cc(OC)c1. The first kappa shape index (κ1) is 19.5. The lowest BCUT2D eigenvalue weighted by molar-refractivity contribution is -0.146. The minimum absolute atomic E-state index is 0.155. The first-order valence-corrected chi connectivity index (χ1v) is 9.03. The van der Waals surface area contributed by atoms with Crippen molar-refractivity contribution < 1.29 is 23.8 Å². The van der Waals surface area contributed by atoms with E-state index in [-0.39, 0.29) is 12.2 Å². The van der Waals surface area contributed by atoms with Crippen molar-refractivity contribution >= 4 is 22.7 Å². The van der Waals surface area contributed by atoms with Crippen molar-refractivity contribution in [3.05, 3.63) is 59.8 Å². The molecule has 1 aromatic heterocycles. The van der Waals surface area contributed by atoms with Crippen molar-refractivity contribution in [1.82, 2.24) is 4.98 Å². The molecule has 1 atom stereocenters. The molecule has 6 nitrogen and oxygen atoms in total. The molecule has 2 aromatic carbocycles. The van der Waals surface area contributed by atoms with E-state index in [0.717, 1.165) is 16.5 Å². The number of benzene rings is 2. The molecule has 0 aliphatic rings. The Hall–Kier alpha value is -3.28. The molecular formula is C22H23NO5. The van der Waals surface area contributed by atoms with Crippen molar-refractivity contribution in [3.8, 4) is 11.5 Å². The molecule has 146 valence electrons. The van der Waals surface area contributed by atoms with E-state index in [1.54, 1.807) is 33.4 Å². The summed E-state index contributed by atoms with van der Waals surface area (Å²) in [6.07, 6.45) is 1.41. The highest BCUT2D eigenvalue weighted by atomic mass is 16.5. The summed E-state index contributed by atoms with van der Waals surface area (Å²) in [7, 11) is 3.15. The molecule has 1 unspecified atom stereocenters. The van der Waals surface area contributed by atoms with Crippen LogP contribution in [-0.2, 0) is 16.0 Å². The smallest absolute Gasteiger partial charge is 0.306 e. The van der Waals surface area contributed by atoms with Crippen molar-refractivity contribution in [2.45, 2.75) is 25.9 Å². The third-order valence-electron chi connectivity index (χ3n) is 4.56. The number of hydrogen-bond donors (Lipinski definition) is 1. The summed E-state index contributed by atoms with van der Waals surface area (Å²) in [5.74, 6) is 0.660. The molecule has 0 fully saturated rings. The quantitative estimate of drug-likeness (QED) is 0.472. The van der Waals surface area contributed by atoms with E-state index < -0.39 is 12.1 Å². The van der Waals surface area contributed by atoms with Gasteiger partial charge >= 0.3 is 5.97 Å². The Balaban J connectivity index is 1.61. The fourth-order valence-electron chi connectivity index (χ4n) is 3.06. The summed E-state index contributed by atoms with van der Waals surface area (Å²) in [5.41, 5.74) is 2.29. The van der Waals surface area contributed by atoms with E-state index in [9.17, 15) is 9.59 Å². The number of H-pyrrole nitrogens is 1. The third-order valence-corrected chi connectivity index (χ3v) is 4.56. The zero-order chi connectivity index (χ0) is 20.1. The molecule has 6 heteroatoms. The van der Waals surface area contributed by atoms with E-state index in [1.807, 2.05) is 36.4 Å². The van der Waals surface area contributed by atoms with Crippen molar-refractivity contribution in [3.63, 3.8) is 0 Å². The van der Waals surface area contributed by atoms with Gasteiger partial charge in [0.1, 0.15) is 11.5 Å². The largest absolute Gasteiger partial charge is 0.497 e. The number of aryl methyl sites for hydroxylation is 1. The van der Waals surface area contributed by atoms with Crippen LogP contribution in [0.3, 0.4) is 0 Å². The van der Waals surface area contributed by atoms with E-state index in [1.165, 1.54) is 0 Å². The van der Waals surface area contributed by atoms with E-state index in [4.69, 9.17) is 14.2 Å². The average molecular weight is 381 g/mol. The van der Waals surface area contributed by atoms with Gasteiger partial charge in [-0.2, -0.15) is 0 Å². The molecule has 0 radical (unpaired) electrons. The molecular weight excluding hydrogens is 358 g/mol. The van der Waals surface area contributed by atoms with Crippen LogP contribution in [0.5, 0.6) is 11.5 Å². The number of esters is 1. The number of carbonyl (C=O) groups is 2. The van der Waals surface area contributed by atoms with Crippen LogP contribution in [0.15, 0.2) is 48.7 Å². The Morgan fingerprint density at radius 3 is 2.39 bits per heavy atom. The predicted octanol–water partition coefficient (Wildman–Crippen LogP) is 3.93. The minimum atomic E-state index is -0.855. The monoisotopic (exact) mass is 381 g/mol. The highest BCUT2D eigenvalue weighted by Gasteiger charge is 2.22. The summed E-state index contributed by atoms with van der Waals surface area (Å²) < 4.78 is 15.8. The molecule has 3 aromatic rings. The lowest BCUT2D eigenvalue weighted by Crippen LogP contribution is -2.24. The van der Waals surface area contributed by atoms with E-state index >= 15 is 0 Å². The maximum absolute atomic E-state index is 12.7. The van der Waals surface area contributed by atoms with Crippen LogP contribution in [-0.4, -0.2) is 37.1 Å². The van der Waals surface area contributed by atoms with Gasteiger partial charge in [0.15, 0.2) is 6.10 Å². The van der Waals surface area contributed by atoms with E-state index in [0.29, 0.717) is 23.5 Å². The van der Waals surface area contributed by atoms with Gasteiger partial charge in [-0.05, 0) is 37.1 Å². The fourth-order valence-corrected chi connectivity index (χ4v) is 3.06. The van der Waals surface area contributed by atoms with Gasteiger partial charge in [0.05, 0.1) is 14.2 Å². The number of rotatable bonds is 8. The summed E-state index contributed by atoms with van der Waals surface area (Å²) in [6, 6.07) is 13.0. The van der Waals surface area contributed by atoms with Crippen LogP contribution in [0, 0.1) is 0 Å². The summed E-state index contributed by atoms with van der Waals surface area (Å²) in [5, 5.41) is 0.818. The van der Waals surface area contributed by atoms with Crippen LogP contribution in [0.1, 0.15) is 29.3 Å². The number of ether oxygens (including phenoxy) is 3. The number of nitrogens with one attached hydrogen (secondary N) is 1. The average Bonchev–Trinajstić information content (AvgIpc) is 3.15. The lowest BCUT2D eigenvalue weighted by atomic mass is 10.1. The van der Waals surface area contributed by atoms with Gasteiger partial charge in [-0.15, -0.1) is 0 Å². The number of methoxy groups -OCH3 is 2. The van der Waals surface area contributed by atoms with Gasteiger partial charge in [0, 0.05) is 35.2 Å². The Morgan fingerprint density at radius 2 is 1.71 bits per heavy atom. The van der Waals surface area contributed by atoms with Gasteiger partial charge in [-0.3, -0.25) is 9.59 Å². The first-order chi connectivity index (χ1) is 13.5. The maximum atomic E-state index is 12.7. The van der Waals surface area contributed by atoms with Crippen LogP contribution < -0.4 is 9.47 Å². The maximum Gasteiger partial charge on any atom is 0.306 e. The molecule has 1 N–H and O–H groups in total. The second-order valence-corrected chi connectivity index (χ2v) is 6.47. The number of hydrogen-bond acceptors (Lipinski definition) is 5. The number of ketones is 1. The zero-order valence-electron chi connectivity index (χ0n) is 16.2. The molecule has 28 heavy (non-hydrogen) atoms. The van der Waals surface area contributed by atoms with Gasteiger partial charge in [0.25, 0.3) is 0 Å². The zero-order valence-corrected chi connectivity index (χ0v) is 16.2. The highest BCUT2D eigenvalue weighted by Crippen LogP contribution is 2.24. The molecule has 0 amide bonds.